The van der Waals surface area contributed by atoms with Crippen LogP contribution in [0.4, 0.5) is 11.4 Å². The van der Waals surface area contributed by atoms with Crippen LogP contribution in [0.2, 0.25) is 0 Å². The predicted octanol–water partition coefficient (Wildman–Crippen LogP) is 2.20. The van der Waals surface area contributed by atoms with E-state index in [4.69, 9.17) is 9.84 Å². The summed E-state index contributed by atoms with van der Waals surface area (Å²) in [6.45, 7) is 0.985. The zero-order valence-electron chi connectivity index (χ0n) is 11.3. The van der Waals surface area contributed by atoms with E-state index in [0.717, 1.165) is 31.5 Å². The summed E-state index contributed by atoms with van der Waals surface area (Å²) in [6.07, 6.45) is 2.65. The van der Waals surface area contributed by atoms with E-state index in [9.17, 15) is 10.1 Å². The van der Waals surface area contributed by atoms with Gasteiger partial charge < -0.3 is 14.7 Å². The van der Waals surface area contributed by atoms with E-state index in [-0.39, 0.29) is 12.3 Å². The topological polar surface area (TPSA) is 75.8 Å². The quantitative estimate of drug-likeness (QED) is 0.444. The number of benzene rings is 1. The summed E-state index contributed by atoms with van der Waals surface area (Å²) < 4.78 is 5.07. The van der Waals surface area contributed by atoms with Crippen LogP contribution in [-0.2, 0) is 0 Å². The number of non-ortho nitro benzene ring substituents is 1. The van der Waals surface area contributed by atoms with Gasteiger partial charge in [-0.1, -0.05) is 0 Å². The highest BCUT2D eigenvalue weighted by Gasteiger charge is 2.12. The molecule has 0 heterocycles. The van der Waals surface area contributed by atoms with E-state index in [1.807, 2.05) is 11.9 Å². The minimum Gasteiger partial charge on any atom is -0.496 e. The van der Waals surface area contributed by atoms with Crippen molar-refractivity contribution in [1.82, 2.24) is 0 Å². The standard InChI is InChI=1S/C13H20N2O4/c1-14(6-4-3-5-7-16)11-8-12(15(17)18)10-13(9-11)19-2/h8-10,16H,3-7H2,1-2H3. The van der Waals surface area contributed by atoms with E-state index < -0.39 is 4.92 Å². The molecule has 0 fully saturated rings. The van der Waals surface area contributed by atoms with Gasteiger partial charge in [-0.25, -0.2) is 0 Å². The molecule has 0 aromatic heterocycles. The van der Waals surface area contributed by atoms with Gasteiger partial charge in [0, 0.05) is 38.0 Å². The van der Waals surface area contributed by atoms with Gasteiger partial charge in [-0.15, -0.1) is 0 Å². The van der Waals surface area contributed by atoms with Gasteiger partial charge in [0.1, 0.15) is 5.75 Å². The summed E-state index contributed by atoms with van der Waals surface area (Å²) >= 11 is 0. The van der Waals surface area contributed by atoms with Crippen LogP contribution in [0.15, 0.2) is 18.2 Å². The van der Waals surface area contributed by atoms with Gasteiger partial charge in [-0.05, 0) is 19.3 Å². The number of ether oxygens (including phenoxy) is 1. The molecule has 106 valence electrons. The molecule has 0 atom stereocenters. The largest absolute Gasteiger partial charge is 0.496 e. The molecule has 0 unspecified atom stereocenters. The molecule has 19 heavy (non-hydrogen) atoms. The van der Waals surface area contributed by atoms with Crippen molar-refractivity contribution in [3.05, 3.63) is 28.3 Å². The molecule has 6 heteroatoms. The van der Waals surface area contributed by atoms with Crippen molar-refractivity contribution < 1.29 is 14.8 Å². The van der Waals surface area contributed by atoms with Crippen LogP contribution < -0.4 is 9.64 Å². The molecule has 0 radical (unpaired) electrons. The lowest BCUT2D eigenvalue weighted by atomic mass is 10.2. The maximum absolute atomic E-state index is 10.8. The zero-order chi connectivity index (χ0) is 14.3. The number of nitrogens with zero attached hydrogens (tertiary/aromatic N) is 2. The molecule has 1 rings (SSSR count). The number of nitro benzene ring substituents is 1. The van der Waals surface area contributed by atoms with Crippen LogP contribution in [0.3, 0.4) is 0 Å². The number of aliphatic hydroxyl groups excluding tert-OH is 1. The second-order valence-electron chi connectivity index (χ2n) is 4.35. The van der Waals surface area contributed by atoms with Crippen molar-refractivity contribution in [2.24, 2.45) is 0 Å². The molecule has 1 N–H and O–H groups in total. The lowest BCUT2D eigenvalue weighted by molar-refractivity contribution is -0.384. The Kier molecular flexibility index (Phi) is 6.08. The molecular weight excluding hydrogens is 248 g/mol. The van der Waals surface area contributed by atoms with Gasteiger partial charge in [0.25, 0.3) is 5.69 Å². The van der Waals surface area contributed by atoms with Gasteiger partial charge >= 0.3 is 0 Å². The molecule has 1 aromatic carbocycles. The molecule has 0 saturated carbocycles. The Labute approximate surface area is 112 Å². The van der Waals surface area contributed by atoms with E-state index in [1.165, 1.54) is 19.2 Å². The number of aliphatic hydroxyl groups is 1. The fraction of sp³-hybridized carbons (Fsp3) is 0.538. The van der Waals surface area contributed by atoms with E-state index in [1.54, 1.807) is 6.07 Å². The third kappa shape index (κ3) is 4.75. The summed E-state index contributed by atoms with van der Waals surface area (Å²) in [4.78, 5) is 12.4. The highest BCUT2D eigenvalue weighted by molar-refractivity contribution is 5.57. The average molecular weight is 268 g/mol. The molecule has 0 saturated heterocycles. The molecule has 0 aliphatic rings. The second kappa shape index (κ2) is 7.58. The minimum atomic E-state index is -0.425. The Morgan fingerprint density at radius 2 is 2.05 bits per heavy atom. The predicted molar refractivity (Wildman–Crippen MR) is 73.9 cm³/mol. The van der Waals surface area contributed by atoms with E-state index >= 15 is 0 Å². The molecule has 1 aromatic rings. The van der Waals surface area contributed by atoms with Gasteiger partial charge in [-0.2, -0.15) is 0 Å². The van der Waals surface area contributed by atoms with Crippen LogP contribution in [0.25, 0.3) is 0 Å². The highest BCUT2D eigenvalue weighted by atomic mass is 16.6. The normalized spacial score (nSPS) is 10.3. The summed E-state index contributed by atoms with van der Waals surface area (Å²) in [5, 5.41) is 19.6. The summed E-state index contributed by atoms with van der Waals surface area (Å²) in [5.41, 5.74) is 0.784. The Hall–Kier alpha value is -1.82. The third-order valence-electron chi connectivity index (χ3n) is 2.91. The van der Waals surface area contributed by atoms with Crippen molar-refractivity contribution in [2.75, 3.05) is 32.2 Å². The minimum absolute atomic E-state index is 0.0246. The number of anilines is 1. The number of unbranched alkanes of at least 4 members (excludes halogenated alkanes) is 2. The Balaban J connectivity index is 2.74. The molecule has 0 spiro atoms. The average Bonchev–Trinajstić information content (AvgIpc) is 2.42. The monoisotopic (exact) mass is 268 g/mol. The SMILES string of the molecule is COc1cc(N(C)CCCCCO)cc([N+](=O)[O-])c1. The maximum Gasteiger partial charge on any atom is 0.275 e. The number of hydrogen-bond acceptors (Lipinski definition) is 5. The molecule has 0 aliphatic heterocycles. The van der Waals surface area contributed by atoms with Gasteiger partial charge in [-0.3, -0.25) is 10.1 Å². The molecule has 0 amide bonds. The summed E-state index contributed by atoms with van der Waals surface area (Å²) in [7, 11) is 3.38. The van der Waals surface area contributed by atoms with Gasteiger partial charge in [0.2, 0.25) is 0 Å². The first-order chi connectivity index (χ1) is 9.08. The van der Waals surface area contributed by atoms with Crippen LogP contribution in [0.5, 0.6) is 5.75 Å². The van der Waals surface area contributed by atoms with Crippen LogP contribution in [0, 0.1) is 10.1 Å². The smallest absolute Gasteiger partial charge is 0.275 e. The van der Waals surface area contributed by atoms with Gasteiger partial charge in [0.15, 0.2) is 0 Å². The number of hydrogen-bond donors (Lipinski definition) is 1. The molecule has 0 aliphatic carbocycles. The highest BCUT2D eigenvalue weighted by Crippen LogP contribution is 2.27. The fourth-order valence-electron chi connectivity index (χ4n) is 1.78. The van der Waals surface area contributed by atoms with Crippen LogP contribution >= 0.6 is 0 Å². The van der Waals surface area contributed by atoms with Crippen LogP contribution in [-0.4, -0.2) is 37.3 Å². The Bertz CT molecular complexity index is 423. The number of methoxy groups -OCH3 is 1. The third-order valence-corrected chi connectivity index (χ3v) is 2.91. The van der Waals surface area contributed by atoms with Crippen LogP contribution in [0.1, 0.15) is 19.3 Å². The first kappa shape index (κ1) is 15.2. The van der Waals surface area contributed by atoms with Crippen molar-refractivity contribution in [2.45, 2.75) is 19.3 Å². The number of rotatable bonds is 8. The van der Waals surface area contributed by atoms with Crippen molar-refractivity contribution in [3.8, 4) is 5.75 Å². The molecule has 6 nitrogen and oxygen atoms in total. The Morgan fingerprint density at radius 3 is 2.63 bits per heavy atom. The summed E-state index contributed by atoms with van der Waals surface area (Å²) in [5.74, 6) is 0.478. The van der Waals surface area contributed by atoms with Crippen molar-refractivity contribution >= 4 is 11.4 Å². The number of nitro groups is 1. The summed E-state index contributed by atoms with van der Waals surface area (Å²) in [6, 6.07) is 4.72. The molecular formula is C13H20N2O4. The zero-order valence-corrected chi connectivity index (χ0v) is 11.3. The second-order valence-corrected chi connectivity index (χ2v) is 4.35. The van der Waals surface area contributed by atoms with E-state index in [0.29, 0.717) is 5.75 Å². The van der Waals surface area contributed by atoms with Crippen molar-refractivity contribution in [1.29, 1.82) is 0 Å². The van der Waals surface area contributed by atoms with Crippen molar-refractivity contribution in [3.63, 3.8) is 0 Å². The first-order valence-electron chi connectivity index (χ1n) is 6.24. The maximum atomic E-state index is 10.8. The Morgan fingerprint density at radius 1 is 1.32 bits per heavy atom. The lowest BCUT2D eigenvalue weighted by Crippen LogP contribution is -2.18. The van der Waals surface area contributed by atoms with Gasteiger partial charge in [0.05, 0.1) is 18.1 Å². The molecule has 0 bridgehead atoms. The van der Waals surface area contributed by atoms with E-state index in [2.05, 4.69) is 0 Å². The lowest BCUT2D eigenvalue weighted by Gasteiger charge is -2.19. The fourth-order valence-corrected chi connectivity index (χ4v) is 1.78. The first-order valence-corrected chi connectivity index (χ1v) is 6.24.